The van der Waals surface area contributed by atoms with Gasteiger partial charge in [-0.2, -0.15) is 0 Å². The first kappa shape index (κ1) is 9.57. The average molecular weight is 182 g/mol. The highest BCUT2D eigenvalue weighted by molar-refractivity contribution is 5.68. The first-order chi connectivity index (χ1) is 6.29. The Labute approximate surface area is 76.8 Å². The van der Waals surface area contributed by atoms with Crippen LogP contribution < -0.4 is 15.8 Å². The molecule has 0 bridgehead atoms. The Balaban J connectivity index is 0.000000396. The van der Waals surface area contributed by atoms with E-state index in [9.17, 15) is 4.79 Å². The largest absolute Gasteiger partial charge is 0.360 e. The van der Waals surface area contributed by atoms with Gasteiger partial charge in [0.15, 0.2) is 5.82 Å². The van der Waals surface area contributed by atoms with Crippen LogP contribution in [-0.4, -0.2) is 23.7 Å². The van der Waals surface area contributed by atoms with Gasteiger partial charge in [0.05, 0.1) is 13.0 Å². The van der Waals surface area contributed by atoms with Crippen molar-refractivity contribution in [2.75, 3.05) is 23.9 Å². The van der Waals surface area contributed by atoms with E-state index in [-0.39, 0.29) is 5.56 Å². The summed E-state index contributed by atoms with van der Waals surface area (Å²) in [7, 11) is 1.88. The van der Waals surface area contributed by atoms with Gasteiger partial charge in [0, 0.05) is 7.05 Å². The van der Waals surface area contributed by atoms with Crippen LogP contribution in [0.4, 0.5) is 11.5 Å². The molecule has 0 aliphatic carbocycles. The number of anilines is 2. The lowest BCUT2D eigenvalue weighted by Gasteiger charge is -2.06. The summed E-state index contributed by atoms with van der Waals surface area (Å²) < 4.78 is 0. The minimum atomic E-state index is -0.112. The van der Waals surface area contributed by atoms with Gasteiger partial charge in [-0.3, -0.25) is 4.79 Å². The van der Waals surface area contributed by atoms with Crippen LogP contribution in [0.3, 0.4) is 0 Å². The molecule has 0 radical (unpaired) electrons. The Morgan fingerprint density at radius 2 is 2.23 bits per heavy atom. The fourth-order valence-corrected chi connectivity index (χ4v) is 1.11. The van der Waals surface area contributed by atoms with Crippen molar-refractivity contribution < 1.29 is 0 Å². The third-order valence-electron chi connectivity index (χ3n) is 1.69. The highest BCUT2D eigenvalue weighted by Crippen LogP contribution is 2.21. The van der Waals surface area contributed by atoms with E-state index >= 15 is 0 Å². The van der Waals surface area contributed by atoms with Crippen molar-refractivity contribution in [2.24, 2.45) is 0 Å². The molecule has 13 heavy (non-hydrogen) atoms. The van der Waals surface area contributed by atoms with Crippen LogP contribution in [0, 0.1) is 0 Å². The molecule has 1 aliphatic rings. The molecular weight excluding hydrogens is 168 g/mol. The van der Waals surface area contributed by atoms with E-state index in [0.717, 1.165) is 0 Å². The van der Waals surface area contributed by atoms with E-state index < -0.39 is 0 Å². The van der Waals surface area contributed by atoms with Crippen molar-refractivity contribution in [1.29, 1.82) is 0 Å². The molecule has 2 rings (SSSR count). The molecule has 5 heteroatoms. The van der Waals surface area contributed by atoms with Gasteiger partial charge in [0.2, 0.25) is 0 Å². The SMILES string of the molecule is CC.CN1CNc2c1nc[nH]c2=O. The molecule has 72 valence electrons. The minimum absolute atomic E-state index is 0.112. The third-order valence-corrected chi connectivity index (χ3v) is 1.69. The molecule has 0 saturated heterocycles. The number of fused-ring (bicyclic) bond motifs is 1. The summed E-state index contributed by atoms with van der Waals surface area (Å²) in [6.07, 6.45) is 1.41. The van der Waals surface area contributed by atoms with E-state index in [0.29, 0.717) is 18.2 Å². The fraction of sp³-hybridized carbons (Fsp3) is 0.500. The van der Waals surface area contributed by atoms with E-state index in [1.807, 2.05) is 25.8 Å². The van der Waals surface area contributed by atoms with Gasteiger partial charge in [0.1, 0.15) is 5.69 Å². The van der Waals surface area contributed by atoms with Crippen molar-refractivity contribution in [1.82, 2.24) is 9.97 Å². The molecule has 0 spiro atoms. The molecule has 1 aromatic rings. The fourth-order valence-electron chi connectivity index (χ4n) is 1.11. The quantitative estimate of drug-likeness (QED) is 0.617. The number of aromatic nitrogens is 2. The van der Waals surface area contributed by atoms with Gasteiger partial charge in [-0.1, -0.05) is 13.8 Å². The van der Waals surface area contributed by atoms with Crippen LogP contribution in [0.15, 0.2) is 11.1 Å². The van der Waals surface area contributed by atoms with Crippen molar-refractivity contribution >= 4 is 11.5 Å². The summed E-state index contributed by atoms with van der Waals surface area (Å²) in [5.41, 5.74) is 0.453. The molecule has 2 N–H and O–H groups in total. The molecule has 0 saturated carbocycles. The Hall–Kier alpha value is -1.52. The normalized spacial score (nSPS) is 12.7. The van der Waals surface area contributed by atoms with E-state index in [4.69, 9.17) is 0 Å². The number of nitrogens with zero attached hydrogens (tertiary/aromatic N) is 2. The first-order valence-corrected chi connectivity index (χ1v) is 4.32. The van der Waals surface area contributed by atoms with Crippen LogP contribution in [0.2, 0.25) is 0 Å². The van der Waals surface area contributed by atoms with Gasteiger partial charge in [-0.25, -0.2) is 4.98 Å². The second-order valence-electron chi connectivity index (χ2n) is 2.46. The third kappa shape index (κ3) is 1.63. The maximum atomic E-state index is 11.1. The van der Waals surface area contributed by atoms with Crippen LogP contribution >= 0.6 is 0 Å². The first-order valence-electron chi connectivity index (χ1n) is 4.32. The van der Waals surface area contributed by atoms with E-state index in [1.54, 1.807) is 0 Å². The molecule has 5 nitrogen and oxygen atoms in total. The molecule has 1 aliphatic heterocycles. The summed E-state index contributed by atoms with van der Waals surface area (Å²) >= 11 is 0. The second-order valence-corrected chi connectivity index (χ2v) is 2.46. The van der Waals surface area contributed by atoms with Crippen molar-refractivity contribution in [3.8, 4) is 0 Å². The maximum absolute atomic E-state index is 11.1. The van der Waals surface area contributed by atoms with Crippen LogP contribution in [0.5, 0.6) is 0 Å². The van der Waals surface area contributed by atoms with Crippen molar-refractivity contribution in [2.45, 2.75) is 13.8 Å². The number of H-pyrrole nitrogens is 1. The lowest BCUT2D eigenvalue weighted by atomic mass is 10.5. The number of nitrogens with one attached hydrogen (secondary N) is 2. The zero-order chi connectivity index (χ0) is 9.84. The lowest BCUT2D eigenvalue weighted by Crippen LogP contribution is -2.16. The average Bonchev–Trinajstić information content (AvgIpc) is 2.53. The molecule has 0 aromatic carbocycles. The van der Waals surface area contributed by atoms with Crippen LogP contribution in [0.1, 0.15) is 13.8 Å². The summed E-state index contributed by atoms with van der Waals surface area (Å²) in [5, 5.41) is 2.94. The van der Waals surface area contributed by atoms with Gasteiger partial charge in [0.25, 0.3) is 5.56 Å². The van der Waals surface area contributed by atoms with Crippen molar-refractivity contribution in [3.05, 3.63) is 16.7 Å². The summed E-state index contributed by atoms with van der Waals surface area (Å²) in [6.45, 7) is 4.65. The summed E-state index contributed by atoms with van der Waals surface area (Å²) in [6, 6.07) is 0. The Morgan fingerprint density at radius 3 is 2.85 bits per heavy atom. The molecule has 2 heterocycles. The number of rotatable bonds is 0. The van der Waals surface area contributed by atoms with Gasteiger partial charge in [-0.15, -0.1) is 0 Å². The highest BCUT2D eigenvalue weighted by Gasteiger charge is 2.18. The predicted octanol–water partition coefficient (Wildman–Crippen LogP) is 0.615. The van der Waals surface area contributed by atoms with Crippen LogP contribution in [0.25, 0.3) is 0 Å². The van der Waals surface area contributed by atoms with Gasteiger partial charge < -0.3 is 15.2 Å². The number of hydrogen-bond donors (Lipinski definition) is 2. The predicted molar refractivity (Wildman–Crippen MR) is 53.1 cm³/mol. The number of hydrogen-bond acceptors (Lipinski definition) is 4. The Morgan fingerprint density at radius 1 is 1.54 bits per heavy atom. The highest BCUT2D eigenvalue weighted by atomic mass is 16.1. The summed E-state index contributed by atoms with van der Waals surface area (Å²) in [4.78, 5) is 19.5. The smallest absolute Gasteiger partial charge is 0.276 e. The molecule has 0 amide bonds. The minimum Gasteiger partial charge on any atom is -0.360 e. The zero-order valence-electron chi connectivity index (χ0n) is 8.09. The zero-order valence-corrected chi connectivity index (χ0v) is 8.09. The van der Waals surface area contributed by atoms with Crippen molar-refractivity contribution in [3.63, 3.8) is 0 Å². The van der Waals surface area contributed by atoms with Gasteiger partial charge in [-0.05, 0) is 0 Å². The standard InChI is InChI=1S/C6H8N4O.C2H6/c1-10-3-9-4-5(10)7-2-8-6(4)11;1-2/h2,9H,3H2,1H3,(H,7,8,11);1-2H3. The molecule has 0 atom stereocenters. The molecule has 0 fully saturated rings. The Kier molecular flexibility index (Phi) is 2.89. The summed E-state index contributed by atoms with van der Waals surface area (Å²) in [5.74, 6) is 0.716. The maximum Gasteiger partial charge on any atom is 0.276 e. The van der Waals surface area contributed by atoms with Gasteiger partial charge >= 0.3 is 0 Å². The van der Waals surface area contributed by atoms with Crippen LogP contribution in [-0.2, 0) is 0 Å². The van der Waals surface area contributed by atoms with E-state index in [2.05, 4.69) is 15.3 Å². The second kappa shape index (κ2) is 3.93. The van der Waals surface area contributed by atoms with E-state index in [1.165, 1.54) is 6.33 Å². The topological polar surface area (TPSA) is 61.0 Å². The molecule has 0 unspecified atom stereocenters. The monoisotopic (exact) mass is 182 g/mol. The molecular formula is C8H14N4O. The number of aromatic amines is 1. The lowest BCUT2D eigenvalue weighted by molar-refractivity contribution is 0.999. The molecule has 1 aromatic heterocycles. The Bertz CT molecular complexity index is 333.